The van der Waals surface area contributed by atoms with Gasteiger partial charge < -0.3 is 4.98 Å². The first-order chi connectivity index (χ1) is 12.1. The number of benzene rings is 1. The molecule has 7 heteroatoms. The number of thioether (sulfide) groups is 1. The monoisotopic (exact) mass is 368 g/mol. The van der Waals surface area contributed by atoms with Crippen molar-refractivity contribution >= 4 is 50.9 Å². The number of H-pyrrole nitrogens is 1. The highest BCUT2D eigenvalue weighted by molar-refractivity contribution is 8.19. The second-order valence-corrected chi connectivity index (χ2v) is 8.05. The molecule has 0 saturated carbocycles. The first-order valence-electron chi connectivity index (χ1n) is 8.00. The molecular weight excluding hydrogens is 352 g/mol. The van der Waals surface area contributed by atoms with E-state index in [1.165, 1.54) is 23.1 Å². The summed E-state index contributed by atoms with van der Waals surface area (Å²) in [5.41, 5.74) is 3.07. The van der Waals surface area contributed by atoms with Gasteiger partial charge in [-0.05, 0) is 25.5 Å². The average molecular weight is 368 g/mol. The highest BCUT2D eigenvalue weighted by Crippen LogP contribution is 2.42. The minimum absolute atomic E-state index is 0.0570. The van der Waals surface area contributed by atoms with E-state index in [0.717, 1.165) is 33.6 Å². The second kappa shape index (κ2) is 6.24. The molecule has 2 N–H and O–H groups in total. The number of hydrogen-bond donors (Lipinski definition) is 2. The van der Waals surface area contributed by atoms with E-state index in [9.17, 15) is 4.79 Å². The SMILES string of the molecule is CCc1nnc(C2C(=N)SC(=Cc3c(C)[nH]c4ccccc34)C2=O)s1. The zero-order valence-corrected chi connectivity index (χ0v) is 15.4. The molecule has 3 aromatic rings. The van der Waals surface area contributed by atoms with Crippen molar-refractivity contribution in [2.75, 3.05) is 0 Å². The Labute approximate surface area is 153 Å². The standard InChI is InChI=1S/C18H16N4OS2/c1-3-14-21-22-18(25-14)15-16(23)13(24-17(15)19)8-11-9(2)20-12-7-5-4-6-10(11)12/h4-8,15,19-20H,3H2,1-2H3. The number of fused-ring (bicyclic) bond motifs is 1. The van der Waals surface area contributed by atoms with Gasteiger partial charge in [-0.3, -0.25) is 10.2 Å². The minimum Gasteiger partial charge on any atom is -0.358 e. The summed E-state index contributed by atoms with van der Waals surface area (Å²) in [6, 6.07) is 8.03. The third kappa shape index (κ3) is 2.73. The zero-order chi connectivity index (χ0) is 17.6. The predicted octanol–water partition coefficient (Wildman–Crippen LogP) is 4.31. The molecule has 1 aliphatic heterocycles. The number of ketones is 1. The summed E-state index contributed by atoms with van der Waals surface area (Å²) in [6.07, 6.45) is 2.69. The molecule has 0 bridgehead atoms. The van der Waals surface area contributed by atoms with Crippen LogP contribution in [0.3, 0.4) is 0 Å². The van der Waals surface area contributed by atoms with Crippen LogP contribution in [0.15, 0.2) is 29.2 Å². The van der Waals surface area contributed by atoms with Gasteiger partial charge in [0.15, 0.2) is 5.78 Å². The number of para-hydroxylation sites is 1. The molecule has 0 radical (unpaired) electrons. The van der Waals surface area contributed by atoms with Gasteiger partial charge in [-0.25, -0.2) is 0 Å². The van der Waals surface area contributed by atoms with Gasteiger partial charge in [0, 0.05) is 22.2 Å². The fourth-order valence-corrected chi connectivity index (χ4v) is 4.89. The fourth-order valence-electron chi connectivity index (χ4n) is 2.96. The summed E-state index contributed by atoms with van der Waals surface area (Å²) < 4.78 is 0. The molecule has 4 rings (SSSR count). The van der Waals surface area contributed by atoms with Crippen LogP contribution in [0.5, 0.6) is 0 Å². The zero-order valence-electron chi connectivity index (χ0n) is 13.8. The fraction of sp³-hybridized carbons (Fsp3) is 0.222. The lowest BCUT2D eigenvalue weighted by molar-refractivity contribution is -0.114. The average Bonchev–Trinajstić information content (AvgIpc) is 3.26. The van der Waals surface area contributed by atoms with E-state index < -0.39 is 5.92 Å². The highest BCUT2D eigenvalue weighted by Gasteiger charge is 2.39. The van der Waals surface area contributed by atoms with Crippen LogP contribution in [0.25, 0.3) is 17.0 Å². The van der Waals surface area contributed by atoms with Gasteiger partial charge in [-0.2, -0.15) is 0 Å². The van der Waals surface area contributed by atoms with Gasteiger partial charge in [-0.15, -0.1) is 21.5 Å². The molecule has 0 amide bonds. The number of hydrogen-bond acceptors (Lipinski definition) is 6. The number of Topliss-reactive ketones (excluding diaryl/α,β-unsaturated/α-hetero) is 1. The van der Waals surface area contributed by atoms with Gasteiger partial charge >= 0.3 is 0 Å². The van der Waals surface area contributed by atoms with E-state index in [0.29, 0.717) is 15.0 Å². The van der Waals surface area contributed by atoms with Crippen molar-refractivity contribution in [2.24, 2.45) is 0 Å². The van der Waals surface area contributed by atoms with Crippen molar-refractivity contribution in [1.29, 1.82) is 5.41 Å². The summed E-state index contributed by atoms with van der Waals surface area (Å²) in [5.74, 6) is -0.655. The third-order valence-electron chi connectivity index (χ3n) is 4.24. The van der Waals surface area contributed by atoms with Crippen molar-refractivity contribution in [3.63, 3.8) is 0 Å². The Morgan fingerprint density at radius 3 is 2.88 bits per heavy atom. The summed E-state index contributed by atoms with van der Waals surface area (Å²) >= 11 is 2.65. The molecule has 1 aliphatic rings. The molecule has 2 aromatic heterocycles. The number of rotatable bonds is 3. The van der Waals surface area contributed by atoms with Crippen LogP contribution in [-0.2, 0) is 11.2 Å². The largest absolute Gasteiger partial charge is 0.358 e. The predicted molar refractivity (Wildman–Crippen MR) is 103 cm³/mol. The number of nitrogens with one attached hydrogen (secondary N) is 2. The van der Waals surface area contributed by atoms with E-state index in [1.54, 1.807) is 0 Å². The van der Waals surface area contributed by atoms with Crippen LogP contribution in [0.1, 0.15) is 34.1 Å². The Morgan fingerprint density at radius 2 is 2.12 bits per heavy atom. The minimum atomic E-state index is -0.598. The normalized spacial score (nSPS) is 19.4. The molecule has 0 spiro atoms. The van der Waals surface area contributed by atoms with Crippen molar-refractivity contribution in [2.45, 2.75) is 26.2 Å². The van der Waals surface area contributed by atoms with Crippen LogP contribution in [0.4, 0.5) is 0 Å². The number of allylic oxidation sites excluding steroid dienone is 1. The molecule has 1 unspecified atom stereocenters. The topological polar surface area (TPSA) is 82.5 Å². The van der Waals surface area contributed by atoms with Crippen molar-refractivity contribution in [3.8, 4) is 0 Å². The van der Waals surface area contributed by atoms with Crippen LogP contribution in [-0.4, -0.2) is 26.0 Å². The Balaban J connectivity index is 1.74. The molecule has 126 valence electrons. The molecule has 5 nitrogen and oxygen atoms in total. The highest BCUT2D eigenvalue weighted by atomic mass is 32.2. The van der Waals surface area contributed by atoms with Crippen LogP contribution >= 0.6 is 23.1 Å². The first-order valence-corrected chi connectivity index (χ1v) is 9.63. The number of aryl methyl sites for hydroxylation is 2. The Hall–Kier alpha value is -2.25. The van der Waals surface area contributed by atoms with Crippen molar-refractivity contribution < 1.29 is 4.79 Å². The van der Waals surface area contributed by atoms with E-state index >= 15 is 0 Å². The molecule has 1 atom stereocenters. The molecule has 1 aromatic carbocycles. The Bertz CT molecular complexity index is 1030. The maximum absolute atomic E-state index is 12.9. The summed E-state index contributed by atoms with van der Waals surface area (Å²) in [6.45, 7) is 4.00. The van der Waals surface area contributed by atoms with E-state index in [-0.39, 0.29) is 5.78 Å². The quantitative estimate of drug-likeness (QED) is 0.675. The second-order valence-electron chi connectivity index (χ2n) is 5.87. The molecule has 1 fully saturated rings. The lowest BCUT2D eigenvalue weighted by atomic mass is 10.0. The van der Waals surface area contributed by atoms with Gasteiger partial charge in [0.2, 0.25) is 0 Å². The number of nitrogens with zero attached hydrogens (tertiary/aromatic N) is 2. The van der Waals surface area contributed by atoms with Crippen LogP contribution in [0, 0.1) is 12.3 Å². The number of aromatic nitrogens is 3. The smallest absolute Gasteiger partial charge is 0.186 e. The molecule has 0 aliphatic carbocycles. The Kier molecular flexibility index (Phi) is 4.05. The maximum atomic E-state index is 12.9. The summed E-state index contributed by atoms with van der Waals surface area (Å²) in [5, 5.41) is 19.4. The van der Waals surface area contributed by atoms with Gasteiger partial charge in [0.05, 0.1) is 9.95 Å². The Morgan fingerprint density at radius 1 is 1.32 bits per heavy atom. The maximum Gasteiger partial charge on any atom is 0.186 e. The van der Waals surface area contributed by atoms with E-state index in [4.69, 9.17) is 5.41 Å². The number of carbonyl (C=O) groups excluding carboxylic acids is 1. The van der Waals surface area contributed by atoms with Crippen LogP contribution in [0.2, 0.25) is 0 Å². The number of aromatic amines is 1. The third-order valence-corrected chi connectivity index (χ3v) is 6.36. The van der Waals surface area contributed by atoms with Gasteiger partial charge in [-0.1, -0.05) is 36.9 Å². The van der Waals surface area contributed by atoms with E-state index in [1.807, 2.05) is 44.2 Å². The molecule has 1 saturated heterocycles. The molecule has 3 heterocycles. The molecular formula is C18H16N4OS2. The van der Waals surface area contributed by atoms with Crippen molar-refractivity contribution in [3.05, 3.63) is 50.4 Å². The molecule has 25 heavy (non-hydrogen) atoms. The lowest BCUT2D eigenvalue weighted by Crippen LogP contribution is -2.11. The lowest BCUT2D eigenvalue weighted by Gasteiger charge is -2.00. The van der Waals surface area contributed by atoms with Crippen molar-refractivity contribution in [1.82, 2.24) is 15.2 Å². The number of carbonyl (C=O) groups is 1. The van der Waals surface area contributed by atoms with Gasteiger partial charge in [0.25, 0.3) is 0 Å². The van der Waals surface area contributed by atoms with Crippen LogP contribution < -0.4 is 0 Å². The summed E-state index contributed by atoms with van der Waals surface area (Å²) in [7, 11) is 0. The first kappa shape index (κ1) is 16.2. The van der Waals surface area contributed by atoms with Gasteiger partial charge in [0.1, 0.15) is 15.9 Å². The van der Waals surface area contributed by atoms with E-state index in [2.05, 4.69) is 15.2 Å². The summed E-state index contributed by atoms with van der Waals surface area (Å²) in [4.78, 5) is 16.8.